The van der Waals surface area contributed by atoms with E-state index >= 15 is 0 Å². The molecule has 0 saturated carbocycles. The lowest BCUT2D eigenvalue weighted by molar-refractivity contribution is 0.0162. The van der Waals surface area contributed by atoms with Crippen LogP contribution in [0.25, 0.3) is 0 Å². The predicted octanol–water partition coefficient (Wildman–Crippen LogP) is 2.64. The van der Waals surface area contributed by atoms with Gasteiger partial charge in [-0.15, -0.1) is 0 Å². The zero-order valence-electron chi connectivity index (χ0n) is 14.8. The monoisotopic (exact) mass is 358 g/mol. The minimum Gasteiger partial charge on any atom is -0.497 e. The molecule has 1 amide bonds. The molecule has 1 aliphatic rings. The highest BCUT2D eigenvalue weighted by Crippen LogP contribution is 2.25. The number of halogens is 1. The van der Waals surface area contributed by atoms with Crippen LogP contribution in [0.4, 0.5) is 4.39 Å². The van der Waals surface area contributed by atoms with Crippen LogP contribution in [0.3, 0.4) is 0 Å². The van der Waals surface area contributed by atoms with Crippen LogP contribution in [0.2, 0.25) is 0 Å². The molecule has 0 radical (unpaired) electrons. The van der Waals surface area contributed by atoms with Crippen molar-refractivity contribution in [3.63, 3.8) is 0 Å². The standard InChI is InChI=1S/C20H23FN2O3/c1-25-18-4-2-3-16(13-18)19(23-9-11-26-12-10-23)14-22-20(24)15-5-7-17(21)8-6-15/h2-8,13,19H,9-12,14H2,1H3,(H,22,24). The molecule has 0 spiro atoms. The van der Waals surface area contributed by atoms with Crippen LogP contribution in [-0.4, -0.2) is 50.8 Å². The van der Waals surface area contributed by atoms with E-state index in [1.54, 1.807) is 7.11 Å². The van der Waals surface area contributed by atoms with Gasteiger partial charge in [0.15, 0.2) is 0 Å². The molecule has 2 aromatic carbocycles. The summed E-state index contributed by atoms with van der Waals surface area (Å²) < 4.78 is 23.8. The lowest BCUT2D eigenvalue weighted by atomic mass is 10.0. The molecule has 26 heavy (non-hydrogen) atoms. The van der Waals surface area contributed by atoms with Crippen LogP contribution in [0.5, 0.6) is 5.75 Å². The Kier molecular flexibility index (Phi) is 6.20. The number of hydrogen-bond donors (Lipinski definition) is 1. The third kappa shape index (κ3) is 4.59. The van der Waals surface area contributed by atoms with Crippen molar-refractivity contribution < 1.29 is 18.7 Å². The third-order valence-electron chi connectivity index (χ3n) is 4.53. The lowest BCUT2D eigenvalue weighted by Gasteiger charge is -2.35. The van der Waals surface area contributed by atoms with E-state index in [9.17, 15) is 9.18 Å². The summed E-state index contributed by atoms with van der Waals surface area (Å²) in [6.07, 6.45) is 0. The molecule has 5 nitrogen and oxygen atoms in total. The summed E-state index contributed by atoms with van der Waals surface area (Å²) in [4.78, 5) is 14.7. The molecule has 0 bridgehead atoms. The maximum atomic E-state index is 13.0. The van der Waals surface area contributed by atoms with E-state index in [4.69, 9.17) is 9.47 Å². The Hall–Kier alpha value is -2.44. The quantitative estimate of drug-likeness (QED) is 0.863. The van der Waals surface area contributed by atoms with Crippen molar-refractivity contribution in [2.24, 2.45) is 0 Å². The zero-order valence-corrected chi connectivity index (χ0v) is 14.8. The number of ether oxygens (including phenoxy) is 2. The van der Waals surface area contributed by atoms with Crippen LogP contribution in [0.1, 0.15) is 22.0 Å². The van der Waals surface area contributed by atoms with Crippen LogP contribution < -0.4 is 10.1 Å². The van der Waals surface area contributed by atoms with Crippen molar-refractivity contribution in [2.75, 3.05) is 40.0 Å². The van der Waals surface area contributed by atoms with Crippen molar-refractivity contribution in [1.82, 2.24) is 10.2 Å². The molecule has 0 aromatic heterocycles. The second-order valence-electron chi connectivity index (χ2n) is 6.16. The van der Waals surface area contributed by atoms with E-state index in [0.717, 1.165) is 24.4 Å². The molecule has 0 aliphatic carbocycles. The molecular weight excluding hydrogens is 335 g/mol. The van der Waals surface area contributed by atoms with Gasteiger partial charge >= 0.3 is 0 Å². The van der Waals surface area contributed by atoms with E-state index < -0.39 is 0 Å². The lowest BCUT2D eigenvalue weighted by Crippen LogP contribution is -2.43. The number of methoxy groups -OCH3 is 1. The van der Waals surface area contributed by atoms with Gasteiger partial charge in [0.2, 0.25) is 0 Å². The van der Waals surface area contributed by atoms with E-state index in [-0.39, 0.29) is 17.8 Å². The molecule has 1 aliphatic heterocycles. The number of carbonyl (C=O) groups is 1. The first kappa shape index (κ1) is 18.4. The van der Waals surface area contributed by atoms with Gasteiger partial charge in [-0.1, -0.05) is 12.1 Å². The number of nitrogens with one attached hydrogen (secondary N) is 1. The first-order valence-electron chi connectivity index (χ1n) is 8.67. The van der Waals surface area contributed by atoms with Crippen molar-refractivity contribution >= 4 is 5.91 Å². The Balaban J connectivity index is 1.74. The van der Waals surface area contributed by atoms with Gasteiger partial charge in [-0.2, -0.15) is 0 Å². The van der Waals surface area contributed by atoms with E-state index in [0.29, 0.717) is 25.3 Å². The molecule has 1 fully saturated rings. The number of carbonyl (C=O) groups excluding carboxylic acids is 1. The fourth-order valence-electron chi connectivity index (χ4n) is 3.09. The molecule has 138 valence electrons. The molecular formula is C20H23FN2O3. The first-order chi connectivity index (χ1) is 12.7. The number of amides is 1. The summed E-state index contributed by atoms with van der Waals surface area (Å²) in [5.41, 5.74) is 1.52. The van der Waals surface area contributed by atoms with Gasteiger partial charge in [-0.25, -0.2) is 4.39 Å². The normalized spacial score (nSPS) is 16.1. The number of morpholine rings is 1. The van der Waals surface area contributed by atoms with Crippen LogP contribution >= 0.6 is 0 Å². The van der Waals surface area contributed by atoms with Crippen molar-refractivity contribution in [1.29, 1.82) is 0 Å². The van der Waals surface area contributed by atoms with Crippen LogP contribution in [-0.2, 0) is 4.74 Å². The SMILES string of the molecule is COc1cccc(C(CNC(=O)c2ccc(F)cc2)N2CCOCC2)c1. The van der Waals surface area contributed by atoms with E-state index in [2.05, 4.69) is 10.2 Å². The van der Waals surface area contributed by atoms with Crippen molar-refractivity contribution in [3.05, 3.63) is 65.5 Å². The Morgan fingerprint density at radius 2 is 1.96 bits per heavy atom. The summed E-state index contributed by atoms with van der Waals surface area (Å²) >= 11 is 0. The third-order valence-corrected chi connectivity index (χ3v) is 4.53. The predicted molar refractivity (Wildman–Crippen MR) is 96.9 cm³/mol. The molecule has 1 saturated heterocycles. The molecule has 1 unspecified atom stereocenters. The van der Waals surface area contributed by atoms with E-state index in [1.165, 1.54) is 24.3 Å². The molecule has 1 heterocycles. The number of rotatable bonds is 6. The van der Waals surface area contributed by atoms with Gasteiger partial charge in [0.05, 0.1) is 26.4 Å². The minimum atomic E-state index is -0.357. The number of nitrogens with zero attached hydrogens (tertiary/aromatic N) is 1. The zero-order chi connectivity index (χ0) is 18.4. The summed E-state index contributed by atoms with van der Waals surface area (Å²) in [5, 5.41) is 2.97. The fraction of sp³-hybridized carbons (Fsp3) is 0.350. The molecule has 1 atom stereocenters. The molecule has 3 rings (SSSR count). The molecule has 6 heteroatoms. The summed E-state index contributed by atoms with van der Waals surface area (Å²) in [5.74, 6) is 0.209. The highest BCUT2D eigenvalue weighted by Gasteiger charge is 2.23. The maximum Gasteiger partial charge on any atom is 0.251 e. The minimum absolute atomic E-state index is 0.0124. The summed E-state index contributed by atoms with van der Waals surface area (Å²) in [6.45, 7) is 3.39. The van der Waals surface area contributed by atoms with Gasteiger partial charge in [0, 0.05) is 25.2 Å². The van der Waals surface area contributed by atoms with Gasteiger partial charge in [0.25, 0.3) is 5.91 Å². The fourth-order valence-corrected chi connectivity index (χ4v) is 3.09. The average Bonchev–Trinajstić information content (AvgIpc) is 2.69. The Bertz CT molecular complexity index is 730. The molecule has 2 aromatic rings. The average molecular weight is 358 g/mol. The highest BCUT2D eigenvalue weighted by molar-refractivity contribution is 5.94. The number of benzene rings is 2. The number of hydrogen-bond acceptors (Lipinski definition) is 4. The Morgan fingerprint density at radius 3 is 2.65 bits per heavy atom. The second kappa shape index (κ2) is 8.78. The summed E-state index contributed by atoms with van der Waals surface area (Å²) in [6, 6.07) is 13.4. The first-order valence-corrected chi connectivity index (χ1v) is 8.67. The topological polar surface area (TPSA) is 50.8 Å². The van der Waals surface area contributed by atoms with Crippen LogP contribution in [0, 0.1) is 5.82 Å². The van der Waals surface area contributed by atoms with Crippen molar-refractivity contribution in [2.45, 2.75) is 6.04 Å². The summed E-state index contributed by atoms with van der Waals surface area (Å²) in [7, 11) is 1.64. The maximum absolute atomic E-state index is 13.0. The van der Waals surface area contributed by atoms with Gasteiger partial charge < -0.3 is 14.8 Å². The Morgan fingerprint density at radius 1 is 1.23 bits per heavy atom. The second-order valence-corrected chi connectivity index (χ2v) is 6.16. The van der Waals surface area contributed by atoms with E-state index in [1.807, 2.05) is 24.3 Å². The van der Waals surface area contributed by atoms with Gasteiger partial charge in [-0.3, -0.25) is 9.69 Å². The smallest absolute Gasteiger partial charge is 0.251 e. The van der Waals surface area contributed by atoms with Crippen molar-refractivity contribution in [3.8, 4) is 5.75 Å². The highest BCUT2D eigenvalue weighted by atomic mass is 19.1. The van der Waals surface area contributed by atoms with Gasteiger partial charge in [0.1, 0.15) is 11.6 Å². The molecule has 1 N–H and O–H groups in total. The van der Waals surface area contributed by atoms with Crippen LogP contribution in [0.15, 0.2) is 48.5 Å². The van der Waals surface area contributed by atoms with Gasteiger partial charge in [-0.05, 0) is 42.0 Å². The largest absolute Gasteiger partial charge is 0.497 e. The Labute approximate surface area is 152 Å².